The highest BCUT2D eigenvalue weighted by molar-refractivity contribution is 5.90. The Balaban J connectivity index is 1.73. The summed E-state index contributed by atoms with van der Waals surface area (Å²) in [5, 5.41) is 6.59. The molecule has 10 heteroatoms. The van der Waals surface area contributed by atoms with E-state index in [0.29, 0.717) is 24.9 Å². The van der Waals surface area contributed by atoms with Gasteiger partial charge in [0.2, 0.25) is 11.8 Å². The van der Waals surface area contributed by atoms with Gasteiger partial charge in [-0.15, -0.1) is 0 Å². The molecule has 8 nitrogen and oxygen atoms in total. The van der Waals surface area contributed by atoms with Gasteiger partial charge < -0.3 is 16.0 Å². The summed E-state index contributed by atoms with van der Waals surface area (Å²) >= 11 is 0. The van der Waals surface area contributed by atoms with Crippen LogP contribution in [0.15, 0.2) is 18.5 Å². The van der Waals surface area contributed by atoms with Crippen LogP contribution in [0, 0.1) is 17.0 Å². The van der Waals surface area contributed by atoms with Gasteiger partial charge in [0.15, 0.2) is 11.6 Å². The number of carbonyl (C=O) groups is 2. The number of pyridine rings is 1. The van der Waals surface area contributed by atoms with E-state index in [4.69, 9.17) is 5.73 Å². The second kappa shape index (κ2) is 8.93. The van der Waals surface area contributed by atoms with E-state index in [2.05, 4.69) is 15.4 Å². The van der Waals surface area contributed by atoms with Crippen molar-refractivity contribution in [2.75, 3.05) is 6.54 Å². The first-order valence-corrected chi connectivity index (χ1v) is 10.6. The van der Waals surface area contributed by atoms with Crippen LogP contribution in [0.5, 0.6) is 0 Å². The second-order valence-corrected chi connectivity index (χ2v) is 9.33. The summed E-state index contributed by atoms with van der Waals surface area (Å²) in [6.45, 7) is 7.80. The van der Waals surface area contributed by atoms with Crippen LogP contribution >= 0.6 is 0 Å². The summed E-state index contributed by atoms with van der Waals surface area (Å²) in [5.74, 6) is -1.97. The molecular weight excluding hydrogens is 418 g/mol. The molecule has 1 aliphatic rings. The van der Waals surface area contributed by atoms with Crippen molar-refractivity contribution in [1.29, 1.82) is 0 Å². The molecular formula is C22H30F2N6O2. The fraction of sp³-hybridized carbons (Fsp3) is 0.545. The fourth-order valence-electron chi connectivity index (χ4n) is 3.79. The summed E-state index contributed by atoms with van der Waals surface area (Å²) < 4.78 is 29.8. The van der Waals surface area contributed by atoms with Gasteiger partial charge in [0.05, 0.1) is 18.3 Å². The number of likely N-dealkylation sites (tertiary alicyclic amines) is 1. The van der Waals surface area contributed by atoms with Gasteiger partial charge in [-0.2, -0.15) is 5.10 Å². The van der Waals surface area contributed by atoms with Crippen LogP contribution in [-0.2, 0) is 16.6 Å². The molecule has 3 unspecified atom stereocenters. The monoisotopic (exact) mass is 448 g/mol. The third-order valence-corrected chi connectivity index (χ3v) is 5.88. The molecule has 0 spiro atoms. The number of carbonyl (C=O) groups excluding carboxylic acids is 2. The number of aromatic nitrogens is 3. The van der Waals surface area contributed by atoms with Crippen LogP contribution < -0.4 is 11.1 Å². The van der Waals surface area contributed by atoms with E-state index < -0.39 is 35.2 Å². The minimum atomic E-state index is -0.722. The number of hydrogen-bond acceptors (Lipinski definition) is 5. The molecule has 174 valence electrons. The number of hydrogen-bond donors (Lipinski definition) is 2. The van der Waals surface area contributed by atoms with Crippen molar-refractivity contribution in [1.82, 2.24) is 25.0 Å². The third kappa shape index (κ3) is 4.64. The molecule has 0 radical (unpaired) electrons. The topological polar surface area (TPSA) is 106 Å². The largest absolute Gasteiger partial charge is 0.348 e. The maximum absolute atomic E-state index is 14.7. The molecule has 32 heavy (non-hydrogen) atoms. The van der Waals surface area contributed by atoms with E-state index in [0.717, 1.165) is 6.20 Å². The van der Waals surface area contributed by atoms with Gasteiger partial charge in [-0.05, 0) is 36.8 Å². The highest BCUT2D eigenvalue weighted by Crippen LogP contribution is 2.27. The Morgan fingerprint density at radius 2 is 1.94 bits per heavy atom. The van der Waals surface area contributed by atoms with Crippen LogP contribution in [0.3, 0.4) is 0 Å². The maximum Gasteiger partial charge on any atom is 0.243 e. The Bertz CT molecular complexity index is 997. The van der Waals surface area contributed by atoms with E-state index >= 15 is 0 Å². The Morgan fingerprint density at radius 1 is 1.25 bits per heavy atom. The second-order valence-electron chi connectivity index (χ2n) is 9.33. The van der Waals surface area contributed by atoms with Gasteiger partial charge in [-0.1, -0.05) is 20.8 Å². The van der Waals surface area contributed by atoms with Crippen LogP contribution in [0.2, 0.25) is 0 Å². The van der Waals surface area contributed by atoms with E-state index in [-0.39, 0.29) is 23.2 Å². The highest BCUT2D eigenvalue weighted by atomic mass is 19.1. The molecule has 1 saturated heterocycles. The minimum absolute atomic E-state index is 0.0546. The first kappa shape index (κ1) is 23.8. The Labute approximate surface area is 186 Å². The van der Waals surface area contributed by atoms with Crippen LogP contribution in [-0.4, -0.2) is 50.1 Å². The zero-order valence-corrected chi connectivity index (χ0v) is 19.0. The lowest BCUT2D eigenvalue weighted by molar-refractivity contribution is -0.141. The number of halogens is 2. The molecule has 3 rings (SSSR count). The summed E-state index contributed by atoms with van der Waals surface area (Å²) in [6.07, 6.45) is 3.62. The average molecular weight is 449 g/mol. The zero-order chi connectivity index (χ0) is 23.8. The Hall–Kier alpha value is -2.88. The molecule has 3 atom stereocenters. The smallest absolute Gasteiger partial charge is 0.243 e. The standard InChI is InChI=1S/C22H30F2N6O2/c1-12(13-9-14(23)17(26-10-13)18-15(24)11-27-29(18)5)28-20(31)16-7-6-8-30(16)21(32)19(25)22(2,3)4/h9-12,16,19H,6-8,25H2,1-5H3,(H,28,31). The van der Waals surface area contributed by atoms with Crippen LogP contribution in [0.25, 0.3) is 11.4 Å². The minimum Gasteiger partial charge on any atom is -0.348 e. The highest BCUT2D eigenvalue weighted by Gasteiger charge is 2.39. The van der Waals surface area contributed by atoms with E-state index in [1.165, 1.54) is 28.9 Å². The maximum atomic E-state index is 14.7. The lowest BCUT2D eigenvalue weighted by Gasteiger charge is -2.33. The molecule has 2 aromatic heterocycles. The molecule has 0 aliphatic carbocycles. The van der Waals surface area contributed by atoms with Crippen molar-refractivity contribution in [2.24, 2.45) is 18.2 Å². The fourth-order valence-corrected chi connectivity index (χ4v) is 3.79. The predicted octanol–water partition coefficient (Wildman–Crippen LogP) is 2.30. The number of aryl methyl sites for hydroxylation is 1. The quantitative estimate of drug-likeness (QED) is 0.730. The first-order valence-electron chi connectivity index (χ1n) is 10.6. The van der Waals surface area contributed by atoms with Crippen LogP contribution in [0.1, 0.15) is 52.1 Å². The van der Waals surface area contributed by atoms with E-state index in [1.807, 2.05) is 20.8 Å². The predicted molar refractivity (Wildman–Crippen MR) is 115 cm³/mol. The van der Waals surface area contributed by atoms with Gasteiger partial charge in [0.25, 0.3) is 0 Å². The molecule has 0 saturated carbocycles. The third-order valence-electron chi connectivity index (χ3n) is 5.88. The number of amides is 2. The number of nitrogens with two attached hydrogens (primary N) is 1. The molecule has 3 heterocycles. The summed E-state index contributed by atoms with van der Waals surface area (Å²) in [5.41, 5.74) is 5.90. The normalized spacial score (nSPS) is 18.5. The van der Waals surface area contributed by atoms with Crippen molar-refractivity contribution < 1.29 is 18.4 Å². The lowest BCUT2D eigenvalue weighted by Crippen LogP contribution is -2.55. The van der Waals surface area contributed by atoms with Gasteiger partial charge in [-0.25, -0.2) is 8.78 Å². The van der Waals surface area contributed by atoms with Gasteiger partial charge in [0, 0.05) is 19.8 Å². The van der Waals surface area contributed by atoms with Gasteiger partial charge in [-0.3, -0.25) is 19.3 Å². The molecule has 3 N–H and O–H groups in total. The first-order chi connectivity index (χ1) is 14.9. The molecule has 0 bridgehead atoms. The summed E-state index contributed by atoms with van der Waals surface area (Å²) in [7, 11) is 1.50. The summed E-state index contributed by atoms with van der Waals surface area (Å²) in [6, 6.07) is -0.693. The van der Waals surface area contributed by atoms with Gasteiger partial charge >= 0.3 is 0 Å². The lowest BCUT2D eigenvalue weighted by atomic mass is 9.86. The van der Waals surface area contributed by atoms with Gasteiger partial charge in [0.1, 0.15) is 17.4 Å². The van der Waals surface area contributed by atoms with Crippen molar-refractivity contribution in [3.05, 3.63) is 35.7 Å². The SMILES string of the molecule is CC(NC(=O)C1CCCN1C(=O)C(N)C(C)(C)C)c1cnc(-c2c(F)cnn2C)c(F)c1. The molecule has 0 aromatic carbocycles. The number of rotatable bonds is 5. The molecule has 2 amide bonds. The Morgan fingerprint density at radius 3 is 2.50 bits per heavy atom. The molecule has 1 fully saturated rings. The number of nitrogens with one attached hydrogen (secondary N) is 1. The number of nitrogens with zero attached hydrogens (tertiary/aromatic N) is 4. The van der Waals surface area contributed by atoms with Crippen LogP contribution in [0.4, 0.5) is 8.78 Å². The zero-order valence-electron chi connectivity index (χ0n) is 19.0. The van der Waals surface area contributed by atoms with Crippen molar-refractivity contribution in [2.45, 2.75) is 58.7 Å². The van der Waals surface area contributed by atoms with Crippen molar-refractivity contribution >= 4 is 11.8 Å². The summed E-state index contributed by atoms with van der Waals surface area (Å²) in [4.78, 5) is 31.3. The van der Waals surface area contributed by atoms with E-state index in [9.17, 15) is 18.4 Å². The average Bonchev–Trinajstić information content (AvgIpc) is 3.33. The van der Waals surface area contributed by atoms with Crippen molar-refractivity contribution in [3.8, 4) is 11.4 Å². The molecule has 2 aromatic rings. The van der Waals surface area contributed by atoms with E-state index in [1.54, 1.807) is 6.92 Å². The van der Waals surface area contributed by atoms with Crippen molar-refractivity contribution in [3.63, 3.8) is 0 Å². The Kier molecular flexibility index (Phi) is 6.64. The molecule has 1 aliphatic heterocycles.